The fraction of sp³-hybridized carbons (Fsp3) is 0.208. The summed E-state index contributed by atoms with van der Waals surface area (Å²) < 4.78 is 11.1. The topological polar surface area (TPSA) is 84.3 Å². The van der Waals surface area contributed by atoms with E-state index < -0.39 is 0 Å². The maximum absolute atomic E-state index is 13.3. The summed E-state index contributed by atoms with van der Waals surface area (Å²) in [5, 5.41) is 15.8. The van der Waals surface area contributed by atoms with Gasteiger partial charge in [0.1, 0.15) is 5.75 Å². The molecule has 0 saturated heterocycles. The Hall–Kier alpha value is -3.87. The van der Waals surface area contributed by atoms with Gasteiger partial charge in [0, 0.05) is 18.8 Å². The van der Waals surface area contributed by atoms with Gasteiger partial charge in [-0.25, -0.2) is 5.01 Å². The van der Waals surface area contributed by atoms with Crippen molar-refractivity contribution in [3.8, 4) is 17.2 Å². The summed E-state index contributed by atoms with van der Waals surface area (Å²) in [4.78, 5) is 17.3. The maximum Gasteiger partial charge on any atom is 0.276 e. The van der Waals surface area contributed by atoms with E-state index in [0.717, 1.165) is 16.8 Å². The Kier molecular flexibility index (Phi) is 5.84. The van der Waals surface area contributed by atoms with Crippen molar-refractivity contribution in [2.45, 2.75) is 19.4 Å². The average molecular weight is 417 g/mol. The molecule has 4 rings (SSSR count). The predicted octanol–water partition coefficient (Wildman–Crippen LogP) is 4.19. The molecular weight excluding hydrogens is 394 g/mol. The summed E-state index contributed by atoms with van der Waals surface area (Å²) in [6, 6.07) is 15.6. The predicted molar refractivity (Wildman–Crippen MR) is 117 cm³/mol. The first kappa shape index (κ1) is 20.4. The van der Waals surface area contributed by atoms with Crippen molar-refractivity contribution in [2.24, 2.45) is 5.10 Å². The molecule has 1 amide bonds. The van der Waals surface area contributed by atoms with Gasteiger partial charge in [-0.05, 0) is 66.6 Å². The first-order valence-electron chi connectivity index (χ1n) is 10.0. The van der Waals surface area contributed by atoms with E-state index >= 15 is 0 Å². The monoisotopic (exact) mass is 417 g/mol. The van der Waals surface area contributed by atoms with Gasteiger partial charge in [-0.1, -0.05) is 6.07 Å². The van der Waals surface area contributed by atoms with Crippen LogP contribution in [0.3, 0.4) is 0 Å². The summed E-state index contributed by atoms with van der Waals surface area (Å²) in [6.07, 6.45) is 3.68. The van der Waals surface area contributed by atoms with Gasteiger partial charge in [0.2, 0.25) is 0 Å². The quantitative estimate of drug-likeness (QED) is 0.650. The van der Waals surface area contributed by atoms with E-state index in [1.54, 1.807) is 49.7 Å². The molecule has 0 saturated carbocycles. The zero-order valence-electron chi connectivity index (χ0n) is 17.4. The van der Waals surface area contributed by atoms with Crippen molar-refractivity contribution in [3.63, 3.8) is 0 Å². The second-order valence-corrected chi connectivity index (χ2v) is 7.05. The molecule has 3 aromatic rings. The lowest BCUT2D eigenvalue weighted by molar-refractivity contribution is 0.0710. The molecule has 31 heavy (non-hydrogen) atoms. The lowest BCUT2D eigenvalue weighted by atomic mass is 9.97. The summed E-state index contributed by atoms with van der Waals surface area (Å²) in [5.74, 6) is 1.20. The van der Waals surface area contributed by atoms with Crippen LogP contribution in [-0.2, 0) is 0 Å². The average Bonchev–Trinajstić information content (AvgIpc) is 3.25. The highest BCUT2D eigenvalue weighted by Gasteiger charge is 2.34. The Morgan fingerprint density at radius 2 is 1.97 bits per heavy atom. The molecule has 1 atom stereocenters. The van der Waals surface area contributed by atoms with Crippen molar-refractivity contribution < 1.29 is 19.4 Å². The molecule has 0 radical (unpaired) electrons. The first-order valence-corrected chi connectivity index (χ1v) is 10.0. The Morgan fingerprint density at radius 1 is 1.16 bits per heavy atom. The zero-order valence-corrected chi connectivity index (χ0v) is 17.4. The van der Waals surface area contributed by atoms with Gasteiger partial charge < -0.3 is 14.6 Å². The van der Waals surface area contributed by atoms with E-state index in [0.29, 0.717) is 30.1 Å². The lowest BCUT2D eigenvalue weighted by Gasteiger charge is -2.23. The fourth-order valence-corrected chi connectivity index (χ4v) is 3.58. The number of methoxy groups -OCH3 is 1. The number of rotatable bonds is 6. The standard InChI is InChI=1S/C24H23N3O4/c1-3-31-23-13-17(8-11-22(23)30-2)21-14-20(16-6-9-19(28)10-7-16)26-27(21)24(29)18-5-4-12-25-15-18/h4-13,15,21,28H,3,14H2,1-2H3. The van der Waals surface area contributed by atoms with E-state index in [1.165, 1.54) is 11.2 Å². The molecule has 0 fully saturated rings. The SMILES string of the molecule is CCOc1cc(C2CC(c3ccc(O)cc3)=NN2C(=O)c2cccnc2)ccc1OC. The number of nitrogens with zero attached hydrogens (tertiary/aromatic N) is 3. The molecule has 2 heterocycles. The number of hydrogen-bond donors (Lipinski definition) is 1. The lowest BCUT2D eigenvalue weighted by Crippen LogP contribution is -2.27. The molecule has 1 aliphatic rings. The molecule has 1 aliphatic heterocycles. The molecule has 0 aliphatic carbocycles. The number of ether oxygens (including phenoxy) is 2. The van der Waals surface area contributed by atoms with Gasteiger partial charge in [0.15, 0.2) is 11.5 Å². The van der Waals surface area contributed by atoms with Crippen LogP contribution in [0.1, 0.15) is 40.9 Å². The second-order valence-electron chi connectivity index (χ2n) is 7.05. The van der Waals surface area contributed by atoms with Gasteiger partial charge in [0.05, 0.1) is 31.0 Å². The number of aromatic nitrogens is 1. The molecule has 7 nitrogen and oxygen atoms in total. The van der Waals surface area contributed by atoms with E-state index in [-0.39, 0.29) is 17.7 Å². The van der Waals surface area contributed by atoms with Crippen LogP contribution < -0.4 is 9.47 Å². The third kappa shape index (κ3) is 4.21. The van der Waals surface area contributed by atoms with Crippen LogP contribution in [0.4, 0.5) is 0 Å². The number of carbonyl (C=O) groups is 1. The van der Waals surface area contributed by atoms with Gasteiger partial charge >= 0.3 is 0 Å². The van der Waals surface area contributed by atoms with Crippen molar-refractivity contribution in [3.05, 3.63) is 83.7 Å². The zero-order chi connectivity index (χ0) is 21.8. The van der Waals surface area contributed by atoms with Crippen molar-refractivity contribution in [2.75, 3.05) is 13.7 Å². The maximum atomic E-state index is 13.3. The van der Waals surface area contributed by atoms with Crippen LogP contribution in [-0.4, -0.2) is 40.4 Å². The van der Waals surface area contributed by atoms with E-state index in [2.05, 4.69) is 10.1 Å². The summed E-state index contributed by atoms with van der Waals surface area (Å²) in [6.45, 7) is 2.41. The number of phenolic OH excluding ortho intramolecular Hbond substituents is 1. The molecule has 1 unspecified atom stereocenters. The third-order valence-electron chi connectivity index (χ3n) is 5.10. The number of hydrogen-bond acceptors (Lipinski definition) is 6. The Balaban J connectivity index is 1.74. The summed E-state index contributed by atoms with van der Waals surface area (Å²) >= 11 is 0. The van der Waals surface area contributed by atoms with Crippen LogP contribution in [0.5, 0.6) is 17.2 Å². The van der Waals surface area contributed by atoms with Crippen molar-refractivity contribution in [1.82, 2.24) is 9.99 Å². The second kappa shape index (κ2) is 8.87. The van der Waals surface area contributed by atoms with Crippen LogP contribution >= 0.6 is 0 Å². The number of aromatic hydroxyl groups is 1. The minimum atomic E-state index is -0.318. The molecule has 1 aromatic heterocycles. The number of carbonyl (C=O) groups excluding carboxylic acids is 1. The smallest absolute Gasteiger partial charge is 0.276 e. The molecule has 2 aromatic carbocycles. The molecule has 1 N–H and O–H groups in total. The van der Waals surface area contributed by atoms with Crippen molar-refractivity contribution >= 4 is 11.6 Å². The van der Waals surface area contributed by atoms with Gasteiger partial charge in [-0.3, -0.25) is 9.78 Å². The number of pyridine rings is 1. The number of hydrazone groups is 1. The minimum absolute atomic E-state index is 0.179. The van der Waals surface area contributed by atoms with Crippen LogP contribution in [0, 0.1) is 0 Å². The molecule has 0 bridgehead atoms. The molecule has 7 heteroatoms. The third-order valence-corrected chi connectivity index (χ3v) is 5.10. The van der Waals surface area contributed by atoms with E-state index in [1.807, 2.05) is 25.1 Å². The van der Waals surface area contributed by atoms with Gasteiger partial charge in [0.25, 0.3) is 5.91 Å². The highest BCUT2D eigenvalue weighted by Crippen LogP contribution is 2.38. The fourth-order valence-electron chi connectivity index (χ4n) is 3.58. The first-order chi connectivity index (χ1) is 15.1. The largest absolute Gasteiger partial charge is 0.508 e. The number of phenols is 1. The Bertz CT molecular complexity index is 1100. The van der Waals surface area contributed by atoms with E-state index in [4.69, 9.17) is 9.47 Å². The van der Waals surface area contributed by atoms with Gasteiger partial charge in [-0.2, -0.15) is 5.10 Å². The van der Waals surface area contributed by atoms with Crippen molar-refractivity contribution in [1.29, 1.82) is 0 Å². The Labute approximate surface area is 180 Å². The highest BCUT2D eigenvalue weighted by molar-refractivity contribution is 6.05. The number of amides is 1. The van der Waals surface area contributed by atoms with E-state index in [9.17, 15) is 9.90 Å². The summed E-state index contributed by atoms with van der Waals surface area (Å²) in [7, 11) is 1.59. The highest BCUT2D eigenvalue weighted by atomic mass is 16.5. The van der Waals surface area contributed by atoms with Crippen LogP contribution in [0.25, 0.3) is 0 Å². The van der Waals surface area contributed by atoms with Crippen LogP contribution in [0.15, 0.2) is 72.1 Å². The minimum Gasteiger partial charge on any atom is -0.508 e. The van der Waals surface area contributed by atoms with Crippen LogP contribution in [0.2, 0.25) is 0 Å². The summed E-state index contributed by atoms with van der Waals surface area (Å²) in [5.41, 5.74) is 2.96. The molecule has 158 valence electrons. The normalized spacial score (nSPS) is 15.5. The Morgan fingerprint density at radius 3 is 2.65 bits per heavy atom. The number of benzene rings is 2. The molecule has 0 spiro atoms. The molecular formula is C24H23N3O4. The van der Waals surface area contributed by atoms with Gasteiger partial charge in [-0.15, -0.1) is 0 Å².